The number of carbonyl (C=O) groups is 1. The molecule has 0 aromatic heterocycles. The average Bonchev–Trinajstić information content (AvgIpc) is 3.20. The summed E-state index contributed by atoms with van der Waals surface area (Å²) in [4.78, 5) is 17.6. The summed E-state index contributed by atoms with van der Waals surface area (Å²) in [6.45, 7) is 0. The minimum absolute atomic E-state index is 0.170. The Morgan fingerprint density at radius 3 is 2.39 bits per heavy atom. The molecule has 1 aliphatic heterocycles. The minimum Gasteiger partial charge on any atom is -0.497 e. The third-order valence-corrected chi connectivity index (χ3v) is 6.78. The molecule has 0 saturated heterocycles. The van der Waals surface area contributed by atoms with Crippen LogP contribution in [0.4, 0.5) is 11.4 Å². The van der Waals surface area contributed by atoms with Gasteiger partial charge in [-0.3, -0.25) is 9.79 Å². The van der Waals surface area contributed by atoms with Gasteiger partial charge in [0.25, 0.3) is 0 Å². The number of hydrogen-bond acceptors (Lipinski definition) is 8. The highest BCUT2D eigenvalue weighted by atomic mass is 32.2. The number of rotatable bonds is 5. The van der Waals surface area contributed by atoms with E-state index in [1.807, 2.05) is 30.3 Å². The number of para-hydroxylation sites is 1. The maximum Gasteiger partial charge on any atom is 0.228 e. The van der Waals surface area contributed by atoms with E-state index in [9.17, 15) is 15.0 Å². The molecular formula is C22H25N3O5S. The number of benzene rings is 2. The maximum absolute atomic E-state index is 13.0. The number of amides is 1. The van der Waals surface area contributed by atoms with E-state index < -0.39 is 24.2 Å². The predicted octanol–water partition coefficient (Wildman–Crippen LogP) is 2.34. The van der Waals surface area contributed by atoms with Crippen LogP contribution in [0.2, 0.25) is 0 Å². The molecule has 0 bridgehead atoms. The van der Waals surface area contributed by atoms with E-state index in [1.165, 1.54) is 11.8 Å². The first-order valence-corrected chi connectivity index (χ1v) is 10.8. The number of anilines is 2. The van der Waals surface area contributed by atoms with Gasteiger partial charge >= 0.3 is 0 Å². The Balaban J connectivity index is 1.52. The number of thioether (sulfide) groups is 1. The van der Waals surface area contributed by atoms with Crippen molar-refractivity contribution in [2.75, 3.05) is 24.9 Å². The number of amidine groups is 1. The zero-order valence-corrected chi connectivity index (χ0v) is 18.0. The molecule has 1 amide bonds. The summed E-state index contributed by atoms with van der Waals surface area (Å²) in [5.41, 5.74) is 1.40. The summed E-state index contributed by atoms with van der Waals surface area (Å²) in [6, 6.07) is 14.0. The number of aliphatic imine (C=N–C) groups is 1. The third kappa shape index (κ3) is 4.63. The number of ether oxygens (including phenoxy) is 2. The van der Waals surface area contributed by atoms with E-state index in [2.05, 4.69) is 15.6 Å². The van der Waals surface area contributed by atoms with Crippen molar-refractivity contribution in [3.8, 4) is 11.5 Å². The highest BCUT2D eigenvalue weighted by molar-refractivity contribution is 8.15. The van der Waals surface area contributed by atoms with Crippen LogP contribution in [0.3, 0.4) is 0 Å². The van der Waals surface area contributed by atoms with Gasteiger partial charge in [-0.15, -0.1) is 0 Å². The quantitative estimate of drug-likeness (QED) is 0.561. The summed E-state index contributed by atoms with van der Waals surface area (Å²) in [5.74, 6) is 0.549. The maximum atomic E-state index is 13.0. The Bertz CT molecular complexity index is 949. The normalized spacial score (nSPS) is 27.1. The number of aliphatic hydroxyl groups excluding tert-OH is 2. The first-order valence-electron chi connectivity index (χ1n) is 9.95. The van der Waals surface area contributed by atoms with Gasteiger partial charge in [-0.2, -0.15) is 0 Å². The fourth-order valence-electron chi connectivity index (χ4n) is 3.87. The summed E-state index contributed by atoms with van der Waals surface area (Å²) >= 11 is 1.39. The van der Waals surface area contributed by atoms with Crippen molar-refractivity contribution in [1.29, 1.82) is 0 Å². The number of methoxy groups -OCH3 is 2. The molecule has 4 N–H and O–H groups in total. The average molecular weight is 444 g/mol. The molecule has 1 saturated carbocycles. The monoisotopic (exact) mass is 443 g/mol. The number of hydrogen-bond donors (Lipinski definition) is 4. The zero-order chi connectivity index (χ0) is 22.0. The smallest absolute Gasteiger partial charge is 0.228 e. The van der Waals surface area contributed by atoms with Crippen molar-refractivity contribution in [3.05, 3.63) is 48.5 Å². The van der Waals surface area contributed by atoms with Crippen LogP contribution in [0, 0.1) is 5.92 Å². The first-order chi connectivity index (χ1) is 15.0. The molecule has 2 aromatic carbocycles. The number of aliphatic hydroxyl groups is 2. The molecule has 2 aromatic rings. The van der Waals surface area contributed by atoms with Crippen molar-refractivity contribution in [3.63, 3.8) is 0 Å². The topological polar surface area (TPSA) is 112 Å². The Morgan fingerprint density at radius 2 is 1.74 bits per heavy atom. The van der Waals surface area contributed by atoms with Crippen LogP contribution in [-0.4, -0.2) is 59.0 Å². The Kier molecular flexibility index (Phi) is 6.35. The van der Waals surface area contributed by atoms with Gasteiger partial charge in [-0.1, -0.05) is 30.0 Å². The van der Waals surface area contributed by atoms with Gasteiger partial charge in [0.15, 0.2) is 5.17 Å². The highest BCUT2D eigenvalue weighted by Crippen LogP contribution is 2.42. The van der Waals surface area contributed by atoms with Gasteiger partial charge in [0, 0.05) is 34.8 Å². The fraction of sp³-hybridized carbons (Fsp3) is 0.364. The van der Waals surface area contributed by atoms with Crippen LogP contribution in [-0.2, 0) is 4.79 Å². The third-order valence-electron chi connectivity index (χ3n) is 5.47. The van der Waals surface area contributed by atoms with E-state index in [0.29, 0.717) is 28.0 Å². The van der Waals surface area contributed by atoms with Gasteiger partial charge in [0.05, 0.1) is 32.3 Å². The molecule has 4 rings (SSSR count). The zero-order valence-electron chi connectivity index (χ0n) is 17.2. The minimum atomic E-state index is -1.03. The molecule has 1 aliphatic carbocycles. The molecule has 5 atom stereocenters. The molecule has 164 valence electrons. The van der Waals surface area contributed by atoms with Crippen molar-refractivity contribution < 1.29 is 24.5 Å². The lowest BCUT2D eigenvalue weighted by Crippen LogP contribution is -2.52. The predicted molar refractivity (Wildman–Crippen MR) is 121 cm³/mol. The molecule has 1 heterocycles. The lowest BCUT2D eigenvalue weighted by Gasteiger charge is -2.37. The molecule has 8 nitrogen and oxygen atoms in total. The Hall–Kier alpha value is -2.75. The molecular weight excluding hydrogens is 418 g/mol. The van der Waals surface area contributed by atoms with Crippen LogP contribution >= 0.6 is 11.8 Å². The van der Waals surface area contributed by atoms with Gasteiger partial charge in [-0.25, -0.2) is 0 Å². The highest BCUT2D eigenvalue weighted by Gasteiger charge is 2.50. The first kappa shape index (κ1) is 21.5. The SMILES string of the molecule is COc1cc(NC2=N[C@H]3[C@@H](O)[C@H](O)C[C@H](C(=O)Nc4ccccc4)[C@H]3S2)cc(OC)c1. The van der Waals surface area contributed by atoms with Crippen LogP contribution in [0.15, 0.2) is 53.5 Å². The van der Waals surface area contributed by atoms with Gasteiger partial charge < -0.3 is 30.3 Å². The van der Waals surface area contributed by atoms with E-state index in [1.54, 1.807) is 32.4 Å². The molecule has 0 spiro atoms. The van der Waals surface area contributed by atoms with Crippen molar-refractivity contribution in [2.45, 2.75) is 29.9 Å². The van der Waals surface area contributed by atoms with Crippen molar-refractivity contribution in [2.24, 2.45) is 10.9 Å². The van der Waals surface area contributed by atoms with Gasteiger partial charge in [0.1, 0.15) is 17.6 Å². The van der Waals surface area contributed by atoms with Crippen molar-refractivity contribution in [1.82, 2.24) is 0 Å². The molecule has 1 fully saturated rings. The van der Waals surface area contributed by atoms with Crippen LogP contribution in [0.5, 0.6) is 11.5 Å². The second kappa shape index (κ2) is 9.17. The molecule has 2 aliphatic rings. The van der Waals surface area contributed by atoms with Gasteiger partial charge in [-0.05, 0) is 18.6 Å². The summed E-state index contributed by atoms with van der Waals surface area (Å²) in [7, 11) is 3.14. The van der Waals surface area contributed by atoms with Gasteiger partial charge in [0.2, 0.25) is 5.91 Å². The van der Waals surface area contributed by atoms with Crippen LogP contribution < -0.4 is 20.1 Å². The summed E-state index contributed by atoms with van der Waals surface area (Å²) in [6.07, 6.45) is -1.88. The number of fused-ring (bicyclic) bond motifs is 1. The molecule has 0 unspecified atom stereocenters. The fourth-order valence-corrected chi connectivity index (χ4v) is 5.24. The molecule has 9 heteroatoms. The summed E-state index contributed by atoms with van der Waals surface area (Å²) in [5, 5.41) is 27.3. The van der Waals surface area contributed by atoms with E-state index in [0.717, 1.165) is 0 Å². The van der Waals surface area contributed by atoms with Crippen LogP contribution in [0.1, 0.15) is 6.42 Å². The Labute approximate surface area is 184 Å². The van der Waals surface area contributed by atoms with Crippen LogP contribution in [0.25, 0.3) is 0 Å². The van der Waals surface area contributed by atoms with E-state index >= 15 is 0 Å². The lowest BCUT2D eigenvalue weighted by atomic mass is 9.81. The van der Waals surface area contributed by atoms with E-state index in [-0.39, 0.29) is 17.6 Å². The molecule has 31 heavy (non-hydrogen) atoms. The standard InChI is InChI=1S/C22H25N3O5S/c1-29-14-8-13(9-15(10-14)30-2)24-22-25-18-19(27)17(26)11-16(20(18)31-22)21(28)23-12-6-4-3-5-7-12/h3-10,16-20,26-27H,11H2,1-2H3,(H,23,28)(H,24,25)/t16-,17+,18-,19-,20+/m0/s1. The lowest BCUT2D eigenvalue weighted by molar-refractivity contribution is -0.124. The van der Waals surface area contributed by atoms with Crippen molar-refractivity contribution >= 4 is 34.2 Å². The summed E-state index contributed by atoms with van der Waals surface area (Å²) < 4.78 is 10.6. The number of nitrogens with zero attached hydrogens (tertiary/aromatic N) is 1. The van der Waals surface area contributed by atoms with E-state index in [4.69, 9.17) is 9.47 Å². The second-order valence-corrected chi connectivity index (χ2v) is 8.66. The largest absolute Gasteiger partial charge is 0.497 e. The second-order valence-electron chi connectivity index (χ2n) is 7.49. The number of carbonyl (C=O) groups excluding carboxylic acids is 1. The Morgan fingerprint density at radius 1 is 1.06 bits per heavy atom. The number of nitrogens with one attached hydrogen (secondary N) is 2. The molecule has 0 radical (unpaired) electrons.